The van der Waals surface area contributed by atoms with E-state index in [4.69, 9.17) is 11.6 Å². The summed E-state index contributed by atoms with van der Waals surface area (Å²) >= 11 is 7.37. The number of piperidine rings is 1. The largest absolute Gasteiger partial charge is 0.243 e. The van der Waals surface area contributed by atoms with Crippen molar-refractivity contribution in [3.63, 3.8) is 0 Å². The van der Waals surface area contributed by atoms with Gasteiger partial charge in [0, 0.05) is 24.0 Å². The van der Waals surface area contributed by atoms with E-state index in [-0.39, 0.29) is 10.8 Å². The number of rotatable bonds is 3. The van der Waals surface area contributed by atoms with Crippen LogP contribution in [0.3, 0.4) is 0 Å². The normalized spacial score (nSPS) is 20.2. The lowest BCUT2D eigenvalue weighted by Gasteiger charge is -2.30. The molecule has 1 atom stereocenters. The number of benzene rings is 1. The third-order valence-corrected chi connectivity index (χ3v) is 6.86. The highest BCUT2D eigenvalue weighted by molar-refractivity contribution is 7.89. The standard InChI is InChI=1S/C14H16ClN3O2S2/c1-10-16-17-14(21-10)11-3-2-8-18(9-11)22(19,20)13-6-4-12(15)5-7-13/h4-7,11H,2-3,8-9H2,1H3. The summed E-state index contributed by atoms with van der Waals surface area (Å²) in [6.45, 7) is 2.91. The summed E-state index contributed by atoms with van der Waals surface area (Å²) in [5, 5.41) is 10.6. The maximum Gasteiger partial charge on any atom is 0.243 e. The Kier molecular flexibility index (Phi) is 4.49. The second-order valence-electron chi connectivity index (χ2n) is 5.32. The van der Waals surface area contributed by atoms with Gasteiger partial charge in [0.2, 0.25) is 10.0 Å². The highest BCUT2D eigenvalue weighted by Gasteiger charge is 2.32. The minimum absolute atomic E-state index is 0.127. The van der Waals surface area contributed by atoms with Crippen LogP contribution in [0.15, 0.2) is 29.2 Å². The Morgan fingerprint density at radius 3 is 2.64 bits per heavy atom. The van der Waals surface area contributed by atoms with Crippen molar-refractivity contribution >= 4 is 33.0 Å². The van der Waals surface area contributed by atoms with Crippen molar-refractivity contribution in [3.05, 3.63) is 39.3 Å². The maximum atomic E-state index is 12.7. The fourth-order valence-electron chi connectivity index (χ4n) is 2.59. The first kappa shape index (κ1) is 15.9. The van der Waals surface area contributed by atoms with Crippen molar-refractivity contribution < 1.29 is 8.42 Å². The van der Waals surface area contributed by atoms with Crippen molar-refractivity contribution in [3.8, 4) is 0 Å². The molecule has 22 heavy (non-hydrogen) atoms. The Morgan fingerprint density at radius 1 is 1.27 bits per heavy atom. The van der Waals surface area contributed by atoms with Crippen molar-refractivity contribution in [2.24, 2.45) is 0 Å². The molecule has 0 bridgehead atoms. The molecule has 0 amide bonds. The van der Waals surface area contributed by atoms with E-state index in [2.05, 4.69) is 10.2 Å². The van der Waals surface area contributed by atoms with Gasteiger partial charge < -0.3 is 0 Å². The fraction of sp³-hybridized carbons (Fsp3) is 0.429. The number of hydrogen-bond acceptors (Lipinski definition) is 5. The zero-order valence-electron chi connectivity index (χ0n) is 12.1. The van der Waals surface area contributed by atoms with Crippen LogP contribution < -0.4 is 0 Å². The van der Waals surface area contributed by atoms with E-state index in [1.807, 2.05) is 6.92 Å². The van der Waals surface area contributed by atoms with E-state index in [1.54, 1.807) is 39.9 Å². The Morgan fingerprint density at radius 2 is 2.00 bits per heavy atom. The molecule has 0 spiro atoms. The molecule has 118 valence electrons. The first-order valence-electron chi connectivity index (χ1n) is 7.02. The van der Waals surface area contributed by atoms with Gasteiger partial charge in [-0.2, -0.15) is 4.31 Å². The molecule has 3 rings (SSSR count). The molecule has 0 saturated carbocycles. The molecule has 1 fully saturated rings. The Hall–Kier alpha value is -1.02. The van der Waals surface area contributed by atoms with Gasteiger partial charge in [-0.15, -0.1) is 21.5 Å². The van der Waals surface area contributed by atoms with E-state index in [9.17, 15) is 8.42 Å². The molecule has 5 nitrogen and oxygen atoms in total. The Labute approximate surface area is 139 Å². The topological polar surface area (TPSA) is 63.2 Å². The third-order valence-electron chi connectivity index (χ3n) is 3.73. The van der Waals surface area contributed by atoms with Crippen LogP contribution in [0.1, 0.15) is 28.8 Å². The number of sulfonamides is 1. The van der Waals surface area contributed by atoms with Crippen LogP contribution in [0, 0.1) is 6.92 Å². The summed E-state index contributed by atoms with van der Waals surface area (Å²) in [6, 6.07) is 6.31. The summed E-state index contributed by atoms with van der Waals surface area (Å²) in [7, 11) is -3.48. The average molecular weight is 358 g/mol. The molecular formula is C14H16ClN3O2S2. The van der Waals surface area contributed by atoms with E-state index in [0.717, 1.165) is 22.9 Å². The predicted molar refractivity (Wildman–Crippen MR) is 86.8 cm³/mol. The van der Waals surface area contributed by atoms with Crippen molar-refractivity contribution in [2.75, 3.05) is 13.1 Å². The van der Waals surface area contributed by atoms with Crippen LogP contribution in [0.2, 0.25) is 5.02 Å². The molecule has 1 aliphatic heterocycles. The summed E-state index contributed by atoms with van der Waals surface area (Å²) in [4.78, 5) is 0.283. The van der Waals surface area contributed by atoms with Crippen molar-refractivity contribution in [2.45, 2.75) is 30.6 Å². The highest BCUT2D eigenvalue weighted by atomic mass is 35.5. The minimum atomic E-state index is -3.48. The number of aryl methyl sites for hydroxylation is 1. The second-order valence-corrected chi connectivity index (χ2v) is 8.90. The average Bonchev–Trinajstić information content (AvgIpc) is 2.94. The quantitative estimate of drug-likeness (QED) is 0.846. The lowest BCUT2D eigenvalue weighted by Crippen LogP contribution is -2.39. The highest BCUT2D eigenvalue weighted by Crippen LogP contribution is 2.31. The minimum Gasteiger partial charge on any atom is -0.207 e. The molecule has 1 aromatic carbocycles. The third kappa shape index (κ3) is 3.17. The number of halogens is 1. The van der Waals surface area contributed by atoms with Crippen LogP contribution in [-0.4, -0.2) is 36.0 Å². The lowest BCUT2D eigenvalue weighted by molar-refractivity contribution is 0.314. The van der Waals surface area contributed by atoms with Crippen molar-refractivity contribution in [1.82, 2.24) is 14.5 Å². The van der Waals surface area contributed by atoms with Gasteiger partial charge in [0.1, 0.15) is 10.0 Å². The molecular weight excluding hydrogens is 342 g/mol. The zero-order valence-corrected chi connectivity index (χ0v) is 14.5. The monoisotopic (exact) mass is 357 g/mol. The molecule has 0 radical (unpaired) electrons. The molecule has 2 aromatic rings. The van der Waals surface area contributed by atoms with Crippen LogP contribution in [0.4, 0.5) is 0 Å². The fourth-order valence-corrected chi connectivity index (χ4v) is 5.07. The van der Waals surface area contributed by atoms with Crippen LogP contribution in [0.25, 0.3) is 0 Å². The van der Waals surface area contributed by atoms with E-state index in [0.29, 0.717) is 18.1 Å². The smallest absolute Gasteiger partial charge is 0.207 e. The summed E-state index contributed by atoms with van der Waals surface area (Å²) in [5.74, 6) is 0.127. The zero-order chi connectivity index (χ0) is 15.7. The molecule has 1 aromatic heterocycles. The van der Waals surface area contributed by atoms with Gasteiger partial charge in [0.25, 0.3) is 0 Å². The molecule has 0 aliphatic carbocycles. The van der Waals surface area contributed by atoms with Gasteiger partial charge >= 0.3 is 0 Å². The van der Waals surface area contributed by atoms with Gasteiger partial charge in [0.05, 0.1) is 4.90 Å². The lowest BCUT2D eigenvalue weighted by atomic mass is 10.0. The summed E-state index contributed by atoms with van der Waals surface area (Å²) < 4.78 is 27.0. The number of nitrogens with zero attached hydrogens (tertiary/aromatic N) is 3. The molecule has 1 saturated heterocycles. The van der Waals surface area contributed by atoms with Crippen LogP contribution in [0.5, 0.6) is 0 Å². The first-order valence-corrected chi connectivity index (χ1v) is 9.66. The summed E-state index contributed by atoms with van der Waals surface area (Å²) in [6.07, 6.45) is 1.78. The van der Waals surface area contributed by atoms with Crippen LogP contribution >= 0.6 is 22.9 Å². The summed E-state index contributed by atoms with van der Waals surface area (Å²) in [5.41, 5.74) is 0. The van der Waals surface area contributed by atoms with Crippen molar-refractivity contribution in [1.29, 1.82) is 0 Å². The maximum absolute atomic E-state index is 12.7. The van der Waals surface area contributed by atoms with E-state index < -0.39 is 10.0 Å². The molecule has 1 aliphatic rings. The second kappa shape index (κ2) is 6.23. The van der Waals surface area contributed by atoms with Crippen LogP contribution in [-0.2, 0) is 10.0 Å². The molecule has 1 unspecified atom stereocenters. The number of hydrogen-bond donors (Lipinski definition) is 0. The van der Waals surface area contributed by atoms with E-state index in [1.165, 1.54) is 0 Å². The van der Waals surface area contributed by atoms with E-state index >= 15 is 0 Å². The predicted octanol–water partition coefficient (Wildman–Crippen LogP) is 3.07. The van der Waals surface area contributed by atoms with Gasteiger partial charge in [-0.05, 0) is 44.0 Å². The van der Waals surface area contributed by atoms with Gasteiger partial charge in [-0.3, -0.25) is 0 Å². The first-order chi connectivity index (χ1) is 10.5. The Balaban J connectivity index is 1.83. The SMILES string of the molecule is Cc1nnc(C2CCCN(S(=O)(=O)c3ccc(Cl)cc3)C2)s1. The van der Waals surface area contributed by atoms with Gasteiger partial charge in [0.15, 0.2) is 0 Å². The van der Waals surface area contributed by atoms with Gasteiger partial charge in [-0.25, -0.2) is 8.42 Å². The van der Waals surface area contributed by atoms with Gasteiger partial charge in [-0.1, -0.05) is 11.6 Å². The molecule has 2 heterocycles. The molecule has 8 heteroatoms. The Bertz CT molecular complexity index is 759. The number of aromatic nitrogens is 2. The molecule has 0 N–H and O–H groups in total.